The van der Waals surface area contributed by atoms with Crippen molar-refractivity contribution in [2.24, 2.45) is 11.8 Å². The Hall–Kier alpha value is -2.15. The van der Waals surface area contributed by atoms with Gasteiger partial charge in [0.1, 0.15) is 11.4 Å². The number of carbonyl (C=O) groups excluding carboxylic acids is 1. The lowest BCUT2D eigenvalue weighted by atomic mass is 9.97. The highest BCUT2D eigenvalue weighted by atomic mass is 16.6. The molecule has 0 bridgehead atoms. The quantitative estimate of drug-likeness (QED) is 0.637. The standard InChI is InChI=1S/C14H19N3O4/c1-3-21-10-4-5-12(13(6-10)17(19)20)16-14(18)11-8-15-7-9(11)2/h4-6,9,11,15H,3,7-8H2,1-2H3,(H,16,18)/t9-,11-/m1/s1. The molecule has 1 aromatic rings. The average molecular weight is 293 g/mol. The highest BCUT2D eigenvalue weighted by molar-refractivity contribution is 5.95. The summed E-state index contributed by atoms with van der Waals surface area (Å²) in [6, 6.07) is 4.45. The number of hydrogen-bond donors (Lipinski definition) is 2. The molecule has 1 aliphatic rings. The van der Waals surface area contributed by atoms with Crippen molar-refractivity contribution in [2.75, 3.05) is 25.0 Å². The van der Waals surface area contributed by atoms with Crippen molar-refractivity contribution in [3.8, 4) is 5.75 Å². The second-order valence-electron chi connectivity index (χ2n) is 5.10. The highest BCUT2D eigenvalue weighted by Crippen LogP contribution is 2.30. The molecule has 1 heterocycles. The minimum atomic E-state index is -0.519. The molecule has 1 amide bonds. The molecular weight excluding hydrogens is 274 g/mol. The van der Waals surface area contributed by atoms with Gasteiger partial charge in [-0.25, -0.2) is 0 Å². The van der Waals surface area contributed by atoms with Crippen molar-refractivity contribution in [3.05, 3.63) is 28.3 Å². The maximum Gasteiger partial charge on any atom is 0.296 e. The number of nitro benzene ring substituents is 1. The van der Waals surface area contributed by atoms with Gasteiger partial charge in [0.05, 0.1) is 23.5 Å². The average Bonchev–Trinajstić information content (AvgIpc) is 2.87. The number of benzene rings is 1. The van der Waals surface area contributed by atoms with E-state index >= 15 is 0 Å². The fourth-order valence-corrected chi connectivity index (χ4v) is 2.41. The van der Waals surface area contributed by atoms with E-state index in [9.17, 15) is 14.9 Å². The Balaban J connectivity index is 2.18. The van der Waals surface area contributed by atoms with Crippen LogP contribution in [0.2, 0.25) is 0 Å². The third-order valence-electron chi connectivity index (χ3n) is 3.59. The Morgan fingerprint density at radius 2 is 2.29 bits per heavy atom. The summed E-state index contributed by atoms with van der Waals surface area (Å²) in [4.78, 5) is 22.8. The summed E-state index contributed by atoms with van der Waals surface area (Å²) in [5, 5.41) is 16.9. The van der Waals surface area contributed by atoms with Crippen LogP contribution in [0.4, 0.5) is 11.4 Å². The molecule has 114 valence electrons. The number of nitrogens with zero attached hydrogens (tertiary/aromatic N) is 1. The Labute approximate surface area is 122 Å². The minimum absolute atomic E-state index is 0.159. The van der Waals surface area contributed by atoms with E-state index in [-0.39, 0.29) is 29.1 Å². The van der Waals surface area contributed by atoms with Crippen molar-refractivity contribution in [3.63, 3.8) is 0 Å². The van der Waals surface area contributed by atoms with Gasteiger partial charge in [0.2, 0.25) is 5.91 Å². The molecule has 7 heteroatoms. The number of nitro groups is 1. The van der Waals surface area contributed by atoms with Crippen LogP contribution in [0.5, 0.6) is 5.75 Å². The lowest BCUT2D eigenvalue weighted by molar-refractivity contribution is -0.384. The summed E-state index contributed by atoms with van der Waals surface area (Å²) in [6.07, 6.45) is 0. The number of carbonyl (C=O) groups is 1. The number of nitrogens with one attached hydrogen (secondary N) is 2. The molecular formula is C14H19N3O4. The van der Waals surface area contributed by atoms with Crippen molar-refractivity contribution >= 4 is 17.3 Å². The van der Waals surface area contributed by atoms with Gasteiger partial charge in [-0.1, -0.05) is 6.92 Å². The molecule has 0 spiro atoms. The van der Waals surface area contributed by atoms with Crippen LogP contribution in [0.25, 0.3) is 0 Å². The Bertz CT molecular complexity index is 547. The molecule has 7 nitrogen and oxygen atoms in total. The van der Waals surface area contributed by atoms with Gasteiger partial charge < -0.3 is 15.4 Å². The lowest BCUT2D eigenvalue weighted by Crippen LogP contribution is -2.28. The maximum absolute atomic E-state index is 12.2. The molecule has 0 aliphatic carbocycles. The monoisotopic (exact) mass is 293 g/mol. The normalized spacial score (nSPS) is 21.0. The predicted octanol–water partition coefficient (Wildman–Crippen LogP) is 1.79. The molecule has 1 aromatic carbocycles. The maximum atomic E-state index is 12.2. The molecule has 0 saturated carbocycles. The van der Waals surface area contributed by atoms with Gasteiger partial charge in [0, 0.05) is 6.54 Å². The van der Waals surface area contributed by atoms with E-state index in [0.717, 1.165) is 6.54 Å². The van der Waals surface area contributed by atoms with Crippen LogP contribution in [0.3, 0.4) is 0 Å². The summed E-state index contributed by atoms with van der Waals surface area (Å²) in [6.45, 7) is 5.59. The zero-order valence-corrected chi connectivity index (χ0v) is 12.1. The van der Waals surface area contributed by atoms with E-state index < -0.39 is 4.92 Å². The molecule has 2 atom stereocenters. The first kappa shape index (κ1) is 15.2. The fourth-order valence-electron chi connectivity index (χ4n) is 2.41. The molecule has 2 N–H and O–H groups in total. The zero-order valence-electron chi connectivity index (χ0n) is 12.1. The van der Waals surface area contributed by atoms with Crippen molar-refractivity contribution in [2.45, 2.75) is 13.8 Å². The van der Waals surface area contributed by atoms with Gasteiger partial charge in [0.15, 0.2) is 0 Å². The molecule has 1 saturated heterocycles. The first-order valence-corrected chi connectivity index (χ1v) is 6.95. The second kappa shape index (κ2) is 6.53. The van der Waals surface area contributed by atoms with Crippen LogP contribution in [-0.2, 0) is 4.79 Å². The summed E-state index contributed by atoms with van der Waals surface area (Å²) < 4.78 is 5.25. The van der Waals surface area contributed by atoms with E-state index in [0.29, 0.717) is 18.9 Å². The van der Waals surface area contributed by atoms with Gasteiger partial charge in [-0.05, 0) is 31.5 Å². The predicted molar refractivity (Wildman–Crippen MR) is 78.4 cm³/mol. The number of rotatable bonds is 5. The molecule has 2 rings (SSSR count). The molecule has 0 radical (unpaired) electrons. The SMILES string of the molecule is CCOc1ccc(NC(=O)[C@@H]2CNC[C@H]2C)c([N+](=O)[O-])c1. The Morgan fingerprint density at radius 1 is 1.52 bits per heavy atom. The van der Waals surface area contributed by atoms with Crippen LogP contribution < -0.4 is 15.4 Å². The van der Waals surface area contributed by atoms with Crippen LogP contribution in [-0.4, -0.2) is 30.5 Å². The van der Waals surface area contributed by atoms with Gasteiger partial charge in [0.25, 0.3) is 5.69 Å². The topological polar surface area (TPSA) is 93.5 Å². The summed E-state index contributed by atoms with van der Waals surface area (Å²) in [5.74, 6) is 0.265. The summed E-state index contributed by atoms with van der Waals surface area (Å²) >= 11 is 0. The first-order chi connectivity index (χ1) is 10.0. The second-order valence-corrected chi connectivity index (χ2v) is 5.10. The molecule has 0 unspecified atom stereocenters. The molecule has 0 aromatic heterocycles. The number of ether oxygens (including phenoxy) is 1. The van der Waals surface area contributed by atoms with Crippen LogP contribution in [0, 0.1) is 22.0 Å². The van der Waals surface area contributed by atoms with Crippen molar-refractivity contribution in [1.29, 1.82) is 0 Å². The van der Waals surface area contributed by atoms with Gasteiger partial charge in [-0.15, -0.1) is 0 Å². The lowest BCUT2D eigenvalue weighted by Gasteiger charge is -2.14. The number of hydrogen-bond acceptors (Lipinski definition) is 5. The van der Waals surface area contributed by atoms with E-state index in [1.54, 1.807) is 13.0 Å². The Kier molecular flexibility index (Phi) is 4.74. The van der Waals surface area contributed by atoms with Crippen LogP contribution in [0.1, 0.15) is 13.8 Å². The molecule has 21 heavy (non-hydrogen) atoms. The highest BCUT2D eigenvalue weighted by Gasteiger charge is 2.30. The van der Waals surface area contributed by atoms with Gasteiger partial charge in [-0.3, -0.25) is 14.9 Å². The first-order valence-electron chi connectivity index (χ1n) is 6.95. The number of amides is 1. The van der Waals surface area contributed by atoms with E-state index in [2.05, 4.69) is 10.6 Å². The largest absolute Gasteiger partial charge is 0.494 e. The van der Waals surface area contributed by atoms with Crippen molar-refractivity contribution < 1.29 is 14.5 Å². The van der Waals surface area contributed by atoms with Gasteiger partial charge in [-0.2, -0.15) is 0 Å². The zero-order chi connectivity index (χ0) is 15.4. The van der Waals surface area contributed by atoms with Crippen LogP contribution in [0.15, 0.2) is 18.2 Å². The van der Waals surface area contributed by atoms with Gasteiger partial charge >= 0.3 is 0 Å². The smallest absolute Gasteiger partial charge is 0.296 e. The van der Waals surface area contributed by atoms with Crippen molar-refractivity contribution in [1.82, 2.24) is 5.32 Å². The summed E-state index contributed by atoms with van der Waals surface area (Å²) in [7, 11) is 0. The third kappa shape index (κ3) is 3.49. The van der Waals surface area contributed by atoms with E-state index in [1.807, 2.05) is 6.92 Å². The molecule has 1 aliphatic heterocycles. The molecule has 1 fully saturated rings. The van der Waals surface area contributed by atoms with E-state index in [1.165, 1.54) is 12.1 Å². The summed E-state index contributed by atoms with van der Waals surface area (Å²) in [5.41, 5.74) is 0.0421. The van der Waals surface area contributed by atoms with Crippen LogP contribution >= 0.6 is 0 Å². The van der Waals surface area contributed by atoms with E-state index in [4.69, 9.17) is 4.74 Å². The fraction of sp³-hybridized carbons (Fsp3) is 0.500. The Morgan fingerprint density at radius 3 is 2.86 bits per heavy atom. The third-order valence-corrected chi connectivity index (χ3v) is 3.59. The number of anilines is 1. The minimum Gasteiger partial charge on any atom is -0.494 e.